The minimum atomic E-state index is 0.182. The van der Waals surface area contributed by atoms with E-state index in [2.05, 4.69) is 0 Å². The van der Waals surface area contributed by atoms with Gasteiger partial charge in [-0.25, -0.2) is 0 Å². The third-order valence-corrected chi connectivity index (χ3v) is 2.71. The molecule has 0 bridgehead atoms. The molecule has 0 amide bonds. The Morgan fingerprint density at radius 3 is 2.28 bits per heavy atom. The van der Waals surface area contributed by atoms with E-state index < -0.39 is 0 Å². The Kier molecular flexibility index (Phi) is 3.72. The molecule has 0 radical (unpaired) electrons. The van der Waals surface area contributed by atoms with Gasteiger partial charge >= 0.3 is 0 Å². The topological polar surface area (TPSA) is 38.7 Å². The van der Waals surface area contributed by atoms with E-state index in [1.165, 1.54) is 5.56 Å². The van der Waals surface area contributed by atoms with E-state index >= 15 is 0 Å². The third-order valence-electron chi connectivity index (χ3n) is 2.71. The van der Waals surface area contributed by atoms with Gasteiger partial charge in [0.05, 0.1) is 7.11 Å². The first-order valence-corrected chi connectivity index (χ1v) is 5.74. The van der Waals surface area contributed by atoms with Crippen molar-refractivity contribution in [2.45, 2.75) is 13.5 Å². The second-order valence-electron chi connectivity index (χ2n) is 4.10. The van der Waals surface area contributed by atoms with Gasteiger partial charge in [0.1, 0.15) is 23.9 Å². The lowest BCUT2D eigenvalue weighted by molar-refractivity contribution is 0.298. The van der Waals surface area contributed by atoms with Crippen molar-refractivity contribution < 1.29 is 14.6 Å². The predicted octanol–water partition coefficient (Wildman–Crippen LogP) is 3.29. The Morgan fingerprint density at radius 2 is 1.67 bits per heavy atom. The molecule has 1 N–H and O–H groups in total. The van der Waals surface area contributed by atoms with E-state index in [-0.39, 0.29) is 5.75 Å². The Morgan fingerprint density at radius 1 is 1.00 bits per heavy atom. The molecule has 0 aromatic heterocycles. The lowest BCUT2D eigenvalue weighted by atomic mass is 10.2. The minimum Gasteiger partial charge on any atom is -0.507 e. The summed E-state index contributed by atoms with van der Waals surface area (Å²) in [6.07, 6.45) is 0. The molecule has 0 aliphatic heterocycles. The van der Waals surface area contributed by atoms with Crippen LogP contribution in [0.2, 0.25) is 0 Å². The molecule has 2 rings (SSSR count). The zero-order valence-corrected chi connectivity index (χ0v) is 10.5. The maximum atomic E-state index is 9.78. The van der Waals surface area contributed by atoms with Crippen LogP contribution in [0.1, 0.15) is 11.1 Å². The minimum absolute atomic E-state index is 0.182. The highest BCUT2D eigenvalue weighted by molar-refractivity contribution is 5.39. The highest BCUT2D eigenvalue weighted by Gasteiger charge is 2.04. The SMILES string of the molecule is COc1ccc(COc2ccc(C)cc2)c(O)c1. The normalized spacial score (nSPS) is 10.1. The molecular weight excluding hydrogens is 228 g/mol. The summed E-state index contributed by atoms with van der Waals surface area (Å²) in [4.78, 5) is 0. The number of hydrogen-bond donors (Lipinski definition) is 1. The van der Waals surface area contributed by atoms with Crippen LogP contribution in [0, 0.1) is 6.92 Å². The van der Waals surface area contributed by atoms with Crippen molar-refractivity contribution in [3.8, 4) is 17.2 Å². The fourth-order valence-electron chi connectivity index (χ4n) is 1.59. The number of ether oxygens (including phenoxy) is 2. The molecule has 0 atom stereocenters. The molecule has 0 saturated carbocycles. The maximum Gasteiger partial charge on any atom is 0.125 e. The molecule has 0 fully saturated rings. The summed E-state index contributed by atoms with van der Waals surface area (Å²) in [5, 5.41) is 9.78. The number of aryl methyl sites for hydroxylation is 1. The molecule has 0 aliphatic rings. The summed E-state index contributed by atoms with van der Waals surface area (Å²) in [6.45, 7) is 2.36. The maximum absolute atomic E-state index is 9.78. The van der Waals surface area contributed by atoms with Crippen LogP contribution < -0.4 is 9.47 Å². The molecule has 18 heavy (non-hydrogen) atoms. The first-order chi connectivity index (χ1) is 8.69. The second-order valence-corrected chi connectivity index (χ2v) is 4.10. The second kappa shape index (κ2) is 5.45. The Labute approximate surface area is 107 Å². The van der Waals surface area contributed by atoms with Crippen LogP contribution in [0.15, 0.2) is 42.5 Å². The standard InChI is InChI=1S/C15H16O3/c1-11-3-6-13(7-4-11)18-10-12-5-8-14(17-2)9-15(12)16/h3-9,16H,10H2,1-2H3. The molecule has 94 valence electrons. The third kappa shape index (κ3) is 2.94. The Balaban J connectivity index is 2.04. The van der Waals surface area contributed by atoms with Crippen LogP contribution in [0.3, 0.4) is 0 Å². The highest BCUT2D eigenvalue weighted by Crippen LogP contribution is 2.24. The molecule has 3 heteroatoms. The number of aromatic hydroxyl groups is 1. The summed E-state index contributed by atoms with van der Waals surface area (Å²) in [7, 11) is 1.57. The van der Waals surface area contributed by atoms with Crippen LogP contribution >= 0.6 is 0 Å². The van der Waals surface area contributed by atoms with Gasteiger partial charge in [-0.3, -0.25) is 0 Å². The van der Waals surface area contributed by atoms with Crippen LogP contribution in [0.4, 0.5) is 0 Å². The summed E-state index contributed by atoms with van der Waals surface area (Å²) in [6, 6.07) is 13.0. The number of rotatable bonds is 4. The van der Waals surface area contributed by atoms with E-state index in [4.69, 9.17) is 9.47 Å². The molecule has 0 heterocycles. The number of hydrogen-bond acceptors (Lipinski definition) is 3. The van der Waals surface area contributed by atoms with Gasteiger partial charge in [-0.1, -0.05) is 17.7 Å². The number of phenolic OH excluding ortho intramolecular Hbond substituents is 1. The quantitative estimate of drug-likeness (QED) is 0.897. The van der Waals surface area contributed by atoms with Gasteiger partial charge in [0.15, 0.2) is 0 Å². The van der Waals surface area contributed by atoms with Crippen LogP contribution in [0.5, 0.6) is 17.2 Å². The first kappa shape index (κ1) is 12.3. The average molecular weight is 244 g/mol. The van der Waals surface area contributed by atoms with Gasteiger partial charge in [-0.05, 0) is 31.2 Å². The fourth-order valence-corrected chi connectivity index (χ4v) is 1.59. The largest absolute Gasteiger partial charge is 0.507 e. The zero-order chi connectivity index (χ0) is 13.0. The summed E-state index contributed by atoms with van der Waals surface area (Å²) in [5.41, 5.74) is 1.92. The smallest absolute Gasteiger partial charge is 0.125 e. The summed E-state index contributed by atoms with van der Waals surface area (Å²) < 4.78 is 10.6. The van der Waals surface area contributed by atoms with Crippen LogP contribution in [-0.2, 0) is 6.61 Å². The number of methoxy groups -OCH3 is 1. The van der Waals surface area contributed by atoms with E-state index in [0.717, 1.165) is 11.3 Å². The van der Waals surface area contributed by atoms with Crippen molar-refractivity contribution in [2.75, 3.05) is 7.11 Å². The molecule has 0 unspecified atom stereocenters. The fraction of sp³-hybridized carbons (Fsp3) is 0.200. The highest BCUT2D eigenvalue weighted by atomic mass is 16.5. The number of phenols is 1. The van der Waals surface area contributed by atoms with E-state index in [0.29, 0.717) is 12.4 Å². The van der Waals surface area contributed by atoms with Crippen molar-refractivity contribution in [2.24, 2.45) is 0 Å². The van der Waals surface area contributed by atoms with Gasteiger partial charge < -0.3 is 14.6 Å². The predicted molar refractivity (Wildman–Crippen MR) is 70.2 cm³/mol. The van der Waals surface area contributed by atoms with Crippen molar-refractivity contribution in [3.63, 3.8) is 0 Å². The van der Waals surface area contributed by atoms with Crippen LogP contribution in [0.25, 0.3) is 0 Å². The molecule has 2 aromatic rings. The lowest BCUT2D eigenvalue weighted by Gasteiger charge is -2.09. The van der Waals surface area contributed by atoms with E-state index in [9.17, 15) is 5.11 Å². The summed E-state index contributed by atoms with van der Waals surface area (Å²) >= 11 is 0. The van der Waals surface area contributed by atoms with Crippen molar-refractivity contribution in [3.05, 3.63) is 53.6 Å². The van der Waals surface area contributed by atoms with Crippen molar-refractivity contribution in [1.29, 1.82) is 0 Å². The van der Waals surface area contributed by atoms with Gasteiger partial charge in [0, 0.05) is 11.6 Å². The monoisotopic (exact) mass is 244 g/mol. The van der Waals surface area contributed by atoms with Gasteiger partial charge in [0.25, 0.3) is 0 Å². The lowest BCUT2D eigenvalue weighted by Crippen LogP contribution is -1.96. The van der Waals surface area contributed by atoms with Gasteiger partial charge in [0.2, 0.25) is 0 Å². The summed E-state index contributed by atoms with van der Waals surface area (Å²) in [5.74, 6) is 1.60. The molecule has 3 nitrogen and oxygen atoms in total. The van der Waals surface area contributed by atoms with E-state index in [1.807, 2.05) is 31.2 Å². The van der Waals surface area contributed by atoms with E-state index in [1.54, 1.807) is 25.3 Å². The molecular formula is C15H16O3. The van der Waals surface area contributed by atoms with Gasteiger partial charge in [-0.2, -0.15) is 0 Å². The molecule has 0 spiro atoms. The molecule has 2 aromatic carbocycles. The average Bonchev–Trinajstić information content (AvgIpc) is 2.39. The Bertz CT molecular complexity index is 518. The zero-order valence-electron chi connectivity index (χ0n) is 10.5. The van der Waals surface area contributed by atoms with Crippen LogP contribution in [-0.4, -0.2) is 12.2 Å². The van der Waals surface area contributed by atoms with Crippen molar-refractivity contribution >= 4 is 0 Å². The molecule has 0 aliphatic carbocycles. The van der Waals surface area contributed by atoms with Crippen molar-refractivity contribution in [1.82, 2.24) is 0 Å². The molecule has 0 saturated heterocycles. The first-order valence-electron chi connectivity index (χ1n) is 5.74. The Hall–Kier alpha value is -2.16. The number of benzene rings is 2. The van der Waals surface area contributed by atoms with Gasteiger partial charge in [-0.15, -0.1) is 0 Å².